The molecule has 0 radical (unpaired) electrons. The highest BCUT2D eigenvalue weighted by Crippen LogP contribution is 2.31. The van der Waals surface area contributed by atoms with Crippen LogP contribution in [0.4, 0.5) is 14.9 Å². The molecule has 0 saturated carbocycles. The molecule has 0 spiro atoms. The third-order valence-corrected chi connectivity index (χ3v) is 5.84. The summed E-state index contributed by atoms with van der Waals surface area (Å²) in [5.74, 6) is -1.58. The zero-order valence-corrected chi connectivity index (χ0v) is 19.0. The Morgan fingerprint density at radius 1 is 1.24 bits per heavy atom. The van der Waals surface area contributed by atoms with Crippen molar-refractivity contribution in [1.82, 2.24) is 20.0 Å². The molecule has 0 aliphatic carbocycles. The Balaban J connectivity index is 1.67. The highest BCUT2D eigenvalue weighted by molar-refractivity contribution is 6.34. The topological polar surface area (TPSA) is 114 Å². The van der Waals surface area contributed by atoms with E-state index in [1.54, 1.807) is 48.3 Å². The first-order valence-electron chi connectivity index (χ1n) is 10.5. The number of anilines is 1. The first-order valence-corrected chi connectivity index (χ1v) is 10.8. The van der Waals surface area contributed by atoms with Crippen molar-refractivity contribution < 1.29 is 18.8 Å². The van der Waals surface area contributed by atoms with Crippen LogP contribution in [0.25, 0.3) is 5.69 Å². The Labute approximate surface area is 199 Å². The van der Waals surface area contributed by atoms with E-state index in [0.717, 1.165) is 0 Å². The van der Waals surface area contributed by atoms with Crippen LogP contribution in [0.5, 0.6) is 0 Å². The lowest BCUT2D eigenvalue weighted by Crippen LogP contribution is -2.49. The zero-order valence-electron chi connectivity index (χ0n) is 18.2. The molecule has 2 aromatic carbocycles. The van der Waals surface area contributed by atoms with E-state index < -0.39 is 29.7 Å². The molecule has 11 heteroatoms. The number of rotatable bonds is 4. The lowest BCUT2D eigenvalue weighted by Gasteiger charge is -2.29. The van der Waals surface area contributed by atoms with Crippen molar-refractivity contribution in [3.8, 4) is 5.69 Å². The number of aromatic nitrogens is 2. The molecule has 3 N–H and O–H groups in total. The molecule has 4 rings (SSSR count). The van der Waals surface area contributed by atoms with Gasteiger partial charge in [0.2, 0.25) is 5.91 Å². The minimum atomic E-state index is -0.688. The molecular formula is C23H22ClFN6O3. The largest absolute Gasteiger partial charge is 0.368 e. The van der Waals surface area contributed by atoms with Gasteiger partial charge in [-0.1, -0.05) is 11.6 Å². The van der Waals surface area contributed by atoms with Gasteiger partial charge >= 0.3 is 6.03 Å². The van der Waals surface area contributed by atoms with Crippen LogP contribution in [0, 0.1) is 5.82 Å². The summed E-state index contributed by atoms with van der Waals surface area (Å²) in [5.41, 5.74) is 6.98. The number of halogens is 2. The quantitative estimate of drug-likeness (QED) is 0.592. The minimum absolute atomic E-state index is 0.0363. The van der Waals surface area contributed by atoms with Gasteiger partial charge in [-0.2, -0.15) is 5.10 Å². The van der Waals surface area contributed by atoms with Crippen molar-refractivity contribution in [2.45, 2.75) is 19.5 Å². The number of carbonyl (C=O) groups excluding carboxylic acids is 3. The summed E-state index contributed by atoms with van der Waals surface area (Å²) in [6, 6.07) is 9.78. The SMILES string of the molecule is C[C@@H]1CN(C(=O)c2ccc(-n3cccn3)cc2Cl)c2ccc(F)cc2CN1C(=O)NCC(N)=O. The van der Waals surface area contributed by atoms with Gasteiger partial charge in [-0.25, -0.2) is 13.9 Å². The summed E-state index contributed by atoms with van der Waals surface area (Å²) in [7, 11) is 0. The van der Waals surface area contributed by atoms with E-state index in [-0.39, 0.29) is 30.2 Å². The summed E-state index contributed by atoms with van der Waals surface area (Å²) < 4.78 is 15.7. The number of urea groups is 1. The van der Waals surface area contributed by atoms with Crippen LogP contribution >= 0.6 is 11.6 Å². The standard InChI is InChI=1S/C23H22ClFN6O3/c1-14-12-30(22(33)18-5-4-17(10-19(18)24)31-8-2-7-28-31)20-6-3-16(25)9-15(20)13-29(14)23(34)27-11-21(26)32/h2-10,14H,11-13H2,1H3,(H2,26,32)(H,27,34)/t14-/m1/s1. The van der Waals surface area contributed by atoms with Gasteiger partial charge in [0.25, 0.3) is 5.91 Å². The second-order valence-electron chi connectivity index (χ2n) is 7.91. The van der Waals surface area contributed by atoms with Crippen LogP contribution in [0.15, 0.2) is 54.9 Å². The molecule has 1 aliphatic rings. The normalized spacial score (nSPS) is 15.4. The lowest BCUT2D eigenvalue weighted by molar-refractivity contribution is -0.117. The van der Waals surface area contributed by atoms with Crippen LogP contribution in [0.1, 0.15) is 22.8 Å². The molecule has 4 amide bonds. The number of nitrogens with zero attached hydrogens (tertiary/aromatic N) is 4. The van der Waals surface area contributed by atoms with Gasteiger partial charge in [0.05, 0.1) is 22.8 Å². The molecule has 0 unspecified atom stereocenters. The Kier molecular flexibility index (Phi) is 6.51. The van der Waals surface area contributed by atoms with Crippen LogP contribution in [0.3, 0.4) is 0 Å². The fraction of sp³-hybridized carbons (Fsp3) is 0.217. The van der Waals surface area contributed by atoms with E-state index in [1.807, 2.05) is 0 Å². The molecule has 1 aromatic heterocycles. The number of hydrogen-bond acceptors (Lipinski definition) is 4. The monoisotopic (exact) mass is 484 g/mol. The molecule has 176 valence electrons. The van der Waals surface area contributed by atoms with Crippen LogP contribution < -0.4 is 16.0 Å². The van der Waals surface area contributed by atoms with E-state index in [0.29, 0.717) is 16.9 Å². The van der Waals surface area contributed by atoms with E-state index in [9.17, 15) is 18.8 Å². The molecule has 0 saturated heterocycles. The zero-order chi connectivity index (χ0) is 24.4. The molecule has 0 fully saturated rings. The third kappa shape index (κ3) is 4.72. The number of amides is 4. The summed E-state index contributed by atoms with van der Waals surface area (Å²) in [6.07, 6.45) is 3.39. The smallest absolute Gasteiger partial charge is 0.318 e. The van der Waals surface area contributed by atoms with Crippen molar-refractivity contribution >= 4 is 35.1 Å². The number of fused-ring (bicyclic) bond motifs is 1. The Hall–Kier alpha value is -3.92. The summed E-state index contributed by atoms with van der Waals surface area (Å²) in [5, 5.41) is 6.83. The van der Waals surface area contributed by atoms with E-state index in [2.05, 4.69) is 10.4 Å². The molecule has 3 aromatic rings. The minimum Gasteiger partial charge on any atom is -0.368 e. The Morgan fingerprint density at radius 3 is 2.71 bits per heavy atom. The average molecular weight is 485 g/mol. The maximum Gasteiger partial charge on any atom is 0.318 e. The molecule has 9 nitrogen and oxygen atoms in total. The number of nitrogens with two attached hydrogens (primary N) is 1. The van der Waals surface area contributed by atoms with E-state index in [1.165, 1.54) is 28.0 Å². The van der Waals surface area contributed by atoms with Gasteiger partial charge in [-0.3, -0.25) is 9.59 Å². The third-order valence-electron chi connectivity index (χ3n) is 5.52. The van der Waals surface area contributed by atoms with Crippen molar-refractivity contribution in [1.29, 1.82) is 0 Å². The van der Waals surface area contributed by atoms with Crippen LogP contribution in [0.2, 0.25) is 5.02 Å². The van der Waals surface area contributed by atoms with Gasteiger partial charge in [-0.05, 0) is 55.0 Å². The molecular weight excluding hydrogens is 463 g/mol. The van der Waals surface area contributed by atoms with Crippen molar-refractivity contribution in [3.63, 3.8) is 0 Å². The van der Waals surface area contributed by atoms with Crippen molar-refractivity contribution in [3.05, 3.63) is 76.8 Å². The predicted octanol–water partition coefficient (Wildman–Crippen LogP) is 2.71. The highest BCUT2D eigenvalue weighted by atomic mass is 35.5. The number of primary amides is 1. The summed E-state index contributed by atoms with van der Waals surface area (Å²) in [4.78, 5) is 40.3. The summed E-state index contributed by atoms with van der Waals surface area (Å²) >= 11 is 6.47. The van der Waals surface area contributed by atoms with Gasteiger partial charge in [0, 0.05) is 37.2 Å². The van der Waals surface area contributed by atoms with Gasteiger partial charge in [0.15, 0.2) is 0 Å². The first-order chi connectivity index (χ1) is 16.2. The average Bonchev–Trinajstić information content (AvgIpc) is 3.29. The number of benzene rings is 2. The maximum atomic E-state index is 14.1. The fourth-order valence-electron chi connectivity index (χ4n) is 3.86. The number of nitrogens with one attached hydrogen (secondary N) is 1. The number of carbonyl (C=O) groups is 3. The number of hydrogen-bond donors (Lipinski definition) is 2. The van der Waals surface area contributed by atoms with E-state index >= 15 is 0 Å². The fourth-order valence-corrected chi connectivity index (χ4v) is 4.12. The molecule has 1 aliphatic heterocycles. The molecule has 34 heavy (non-hydrogen) atoms. The summed E-state index contributed by atoms with van der Waals surface area (Å²) in [6.45, 7) is 1.58. The van der Waals surface area contributed by atoms with Crippen LogP contribution in [-0.4, -0.2) is 51.7 Å². The molecule has 0 bridgehead atoms. The highest BCUT2D eigenvalue weighted by Gasteiger charge is 2.32. The van der Waals surface area contributed by atoms with Crippen LogP contribution in [-0.2, 0) is 11.3 Å². The Morgan fingerprint density at radius 2 is 2.03 bits per heavy atom. The molecule has 1 atom stereocenters. The van der Waals surface area contributed by atoms with Crippen molar-refractivity contribution in [2.24, 2.45) is 5.73 Å². The van der Waals surface area contributed by atoms with E-state index in [4.69, 9.17) is 17.3 Å². The van der Waals surface area contributed by atoms with Gasteiger partial charge in [0.1, 0.15) is 5.82 Å². The lowest BCUT2D eigenvalue weighted by atomic mass is 10.1. The van der Waals surface area contributed by atoms with Gasteiger partial charge in [-0.15, -0.1) is 0 Å². The van der Waals surface area contributed by atoms with Crippen molar-refractivity contribution in [2.75, 3.05) is 18.0 Å². The first kappa shape index (κ1) is 23.2. The second kappa shape index (κ2) is 9.52. The predicted molar refractivity (Wildman–Crippen MR) is 124 cm³/mol. The second-order valence-corrected chi connectivity index (χ2v) is 8.31. The maximum absolute atomic E-state index is 14.1. The van der Waals surface area contributed by atoms with Gasteiger partial charge < -0.3 is 20.9 Å². The Bertz CT molecular complexity index is 1250. The molecule has 2 heterocycles.